The van der Waals surface area contributed by atoms with E-state index in [4.69, 9.17) is 9.37 Å². The van der Waals surface area contributed by atoms with Crippen LogP contribution < -0.4 is 10.2 Å². The van der Waals surface area contributed by atoms with Crippen molar-refractivity contribution in [3.8, 4) is 0 Å². The number of benzene rings is 1. The summed E-state index contributed by atoms with van der Waals surface area (Å²) in [5.74, 6) is -0.157. The number of methoxy groups -OCH3 is 1. The molecule has 0 atom stereocenters. The van der Waals surface area contributed by atoms with Crippen LogP contribution in [0.5, 0.6) is 0 Å². The fourth-order valence-electron chi connectivity index (χ4n) is 2.02. The van der Waals surface area contributed by atoms with Gasteiger partial charge in [-0.25, -0.2) is 27.2 Å². The van der Waals surface area contributed by atoms with Crippen molar-refractivity contribution in [3.63, 3.8) is 0 Å². The molecule has 0 fully saturated rings. The van der Waals surface area contributed by atoms with Crippen LogP contribution in [-0.2, 0) is 14.8 Å². The minimum Gasteiger partial charge on any atom is -0.383 e. The predicted octanol–water partition coefficient (Wildman–Crippen LogP) is 2.08. The maximum absolute atomic E-state index is 13.3. The second-order valence-electron chi connectivity index (χ2n) is 5.50. The fraction of sp³-hybridized carbons (Fsp3) is 0.400. The lowest BCUT2D eigenvalue weighted by atomic mass is 10.3. The van der Waals surface area contributed by atoms with Gasteiger partial charge in [0.25, 0.3) is 0 Å². The molecule has 160 valence electrons. The molecule has 0 saturated carbocycles. The zero-order chi connectivity index (χ0) is 21.3. The van der Waals surface area contributed by atoms with Gasteiger partial charge in [0.2, 0.25) is 10.0 Å². The Bertz CT molecular complexity index is 941. The zero-order valence-corrected chi connectivity index (χ0v) is 18.5. The number of aliphatic imine (C=N–C) groups is 1. The maximum atomic E-state index is 13.3. The molecule has 0 spiro atoms. The quantitative estimate of drug-likeness (QED) is 0.136. The Morgan fingerprint density at radius 1 is 1.45 bits per heavy atom. The van der Waals surface area contributed by atoms with E-state index in [-0.39, 0.29) is 28.3 Å². The van der Waals surface area contributed by atoms with E-state index in [2.05, 4.69) is 36.0 Å². The molecule has 14 heteroatoms. The van der Waals surface area contributed by atoms with Crippen LogP contribution in [0.2, 0.25) is 0 Å². The normalized spacial score (nSPS) is 12.3. The van der Waals surface area contributed by atoms with Crippen molar-refractivity contribution in [2.45, 2.75) is 11.4 Å². The van der Waals surface area contributed by atoms with Gasteiger partial charge in [0.1, 0.15) is 5.82 Å². The van der Waals surface area contributed by atoms with E-state index in [1.807, 2.05) is 5.48 Å². The van der Waals surface area contributed by atoms with Crippen molar-refractivity contribution in [2.24, 2.45) is 4.99 Å². The highest BCUT2D eigenvalue weighted by Gasteiger charge is 2.18. The average molecular weight is 512 g/mol. The Labute approximate surface area is 179 Å². The van der Waals surface area contributed by atoms with Crippen molar-refractivity contribution in [3.05, 3.63) is 34.2 Å². The van der Waals surface area contributed by atoms with Crippen LogP contribution >= 0.6 is 27.7 Å². The van der Waals surface area contributed by atoms with E-state index >= 15 is 0 Å². The van der Waals surface area contributed by atoms with Crippen LogP contribution in [0.25, 0.3) is 0 Å². The van der Waals surface area contributed by atoms with E-state index in [9.17, 15) is 18.0 Å². The predicted molar refractivity (Wildman–Crippen MR) is 109 cm³/mol. The summed E-state index contributed by atoms with van der Waals surface area (Å²) in [5, 5.41) is 17.2. The number of halogens is 2. The number of thioether (sulfide) groups is 1. The van der Waals surface area contributed by atoms with Crippen LogP contribution in [0, 0.1) is 5.82 Å². The number of rotatable bonds is 11. The summed E-state index contributed by atoms with van der Waals surface area (Å²) in [6, 6.07) is 4.06. The molecule has 1 aromatic heterocycles. The molecular formula is C15H19BrFN5O5S2. The molecular weight excluding hydrogens is 493 g/mol. The first-order valence-electron chi connectivity index (χ1n) is 8.22. The van der Waals surface area contributed by atoms with Gasteiger partial charge in [-0.3, -0.25) is 10.7 Å². The smallest absolute Gasteiger partial charge is 0.211 e. The second kappa shape index (κ2) is 11.6. The largest absolute Gasteiger partial charge is 0.383 e. The summed E-state index contributed by atoms with van der Waals surface area (Å²) in [7, 11) is -1.90. The topological polar surface area (TPSA) is 139 Å². The Morgan fingerprint density at radius 2 is 2.24 bits per heavy atom. The lowest BCUT2D eigenvalue weighted by Gasteiger charge is -2.06. The van der Waals surface area contributed by atoms with E-state index in [0.29, 0.717) is 29.5 Å². The van der Waals surface area contributed by atoms with Crippen LogP contribution in [0.1, 0.15) is 12.1 Å². The van der Waals surface area contributed by atoms with Crippen molar-refractivity contribution >= 4 is 49.2 Å². The van der Waals surface area contributed by atoms with E-state index in [1.165, 1.54) is 37.1 Å². The molecule has 1 heterocycles. The highest BCUT2D eigenvalue weighted by molar-refractivity contribution is 9.10. The number of hydrogen-bond donors (Lipinski definition) is 3. The van der Waals surface area contributed by atoms with Crippen LogP contribution in [0.3, 0.4) is 0 Å². The number of hydrogen-bond acceptors (Lipinski definition) is 9. The summed E-state index contributed by atoms with van der Waals surface area (Å²) >= 11 is 4.26. The lowest BCUT2D eigenvalue weighted by Crippen LogP contribution is -2.29. The number of ether oxygens (including phenoxy) is 1. The Morgan fingerprint density at radius 3 is 2.93 bits per heavy atom. The minimum absolute atomic E-state index is 0.0545. The Balaban J connectivity index is 1.98. The number of sulfonamides is 1. The third-order valence-electron chi connectivity index (χ3n) is 3.36. The molecule has 3 N–H and O–H groups in total. The molecule has 2 aromatic rings. The minimum atomic E-state index is -3.39. The standard InChI is InChI=1S/C15H19BrFN5O5S2/c1-26-6-5-18-29(24,25)8-2-7-28-15-13(21-27-22-15)14(20-23)19-10-3-4-12(17)11(16)9-10/h3-4,9,18,23H,2,5-8H2,1H3,(H,19,20). The van der Waals surface area contributed by atoms with Gasteiger partial charge in [-0.15, -0.1) is 11.8 Å². The summed E-state index contributed by atoms with van der Waals surface area (Å²) in [5.41, 5.74) is 2.41. The molecule has 2 rings (SSSR count). The van der Waals surface area contributed by atoms with Gasteiger partial charge >= 0.3 is 0 Å². The first-order chi connectivity index (χ1) is 13.9. The fourth-order valence-corrected chi connectivity index (χ4v) is 4.47. The van der Waals surface area contributed by atoms with Crippen LogP contribution in [0.4, 0.5) is 10.1 Å². The highest BCUT2D eigenvalue weighted by atomic mass is 79.9. The highest BCUT2D eigenvalue weighted by Crippen LogP contribution is 2.24. The molecule has 0 bridgehead atoms. The van der Waals surface area contributed by atoms with E-state index in [1.54, 1.807) is 0 Å². The number of nitrogens with one attached hydrogen (secondary N) is 2. The first-order valence-corrected chi connectivity index (χ1v) is 11.6. The molecule has 1 aromatic carbocycles. The number of aromatic nitrogens is 2. The molecule has 29 heavy (non-hydrogen) atoms. The first kappa shape index (κ1) is 23.7. The molecule has 10 nitrogen and oxygen atoms in total. The zero-order valence-electron chi connectivity index (χ0n) is 15.3. The van der Waals surface area contributed by atoms with Crippen molar-refractivity contribution in [1.29, 1.82) is 0 Å². The third-order valence-corrected chi connectivity index (χ3v) is 6.47. The SMILES string of the molecule is COCCNS(=O)(=O)CCCSc1nonc1C(=Nc1ccc(F)c(Br)c1)NO. The summed E-state index contributed by atoms with van der Waals surface area (Å²) < 4.78 is 49.1. The van der Waals surface area contributed by atoms with Crippen LogP contribution in [0.15, 0.2) is 37.3 Å². The molecule has 0 aliphatic carbocycles. The second-order valence-corrected chi connectivity index (χ2v) is 9.36. The summed E-state index contributed by atoms with van der Waals surface area (Å²) in [6.45, 7) is 0.508. The molecule has 0 amide bonds. The summed E-state index contributed by atoms with van der Waals surface area (Å²) in [4.78, 5) is 4.16. The number of amidine groups is 1. The summed E-state index contributed by atoms with van der Waals surface area (Å²) in [6.07, 6.45) is 0.350. The molecule has 0 aliphatic heterocycles. The molecule has 0 unspecified atom stereocenters. The van der Waals surface area contributed by atoms with Crippen molar-refractivity contribution in [2.75, 3.05) is 31.8 Å². The molecule has 0 saturated heterocycles. The van der Waals surface area contributed by atoms with Gasteiger partial charge in [0.15, 0.2) is 16.6 Å². The Kier molecular flexibility index (Phi) is 9.45. The maximum Gasteiger partial charge on any atom is 0.211 e. The van der Waals surface area contributed by atoms with E-state index in [0.717, 1.165) is 0 Å². The van der Waals surface area contributed by atoms with Gasteiger partial charge in [-0.2, -0.15) is 0 Å². The van der Waals surface area contributed by atoms with Crippen molar-refractivity contribution < 1.29 is 27.4 Å². The van der Waals surface area contributed by atoms with Gasteiger partial charge in [-0.05, 0) is 50.9 Å². The Hall–Kier alpha value is -1.58. The number of hydroxylamine groups is 1. The number of nitrogens with zero attached hydrogens (tertiary/aromatic N) is 3. The van der Waals surface area contributed by atoms with Crippen molar-refractivity contribution in [1.82, 2.24) is 20.5 Å². The van der Waals surface area contributed by atoms with Gasteiger partial charge in [-0.1, -0.05) is 0 Å². The van der Waals surface area contributed by atoms with Crippen LogP contribution in [-0.4, -0.2) is 61.5 Å². The lowest BCUT2D eigenvalue weighted by molar-refractivity contribution is 0.204. The van der Waals surface area contributed by atoms with Gasteiger partial charge in [0, 0.05) is 19.4 Å². The average Bonchev–Trinajstić information content (AvgIpc) is 3.14. The van der Waals surface area contributed by atoms with Gasteiger partial charge in [0.05, 0.1) is 22.5 Å². The van der Waals surface area contributed by atoms with Gasteiger partial charge < -0.3 is 4.74 Å². The monoisotopic (exact) mass is 511 g/mol. The third kappa shape index (κ3) is 7.64. The molecule has 0 aliphatic rings. The molecule has 0 radical (unpaired) electrons. The van der Waals surface area contributed by atoms with E-state index < -0.39 is 15.8 Å².